The van der Waals surface area contributed by atoms with Crippen molar-refractivity contribution in [1.82, 2.24) is 25.1 Å². The van der Waals surface area contributed by atoms with E-state index in [1.54, 1.807) is 18.5 Å². The first-order chi connectivity index (χ1) is 14.1. The third-order valence-electron chi connectivity index (χ3n) is 4.44. The van der Waals surface area contributed by atoms with Crippen molar-refractivity contribution < 1.29 is 9.72 Å². The Balaban J connectivity index is 1.47. The Kier molecular flexibility index (Phi) is 4.85. The van der Waals surface area contributed by atoms with Gasteiger partial charge in [0.2, 0.25) is 0 Å². The molecule has 2 heterocycles. The lowest BCUT2D eigenvalue weighted by Gasteiger charge is -2.08. The largest absolute Gasteiger partial charge is 0.348 e. The summed E-state index contributed by atoms with van der Waals surface area (Å²) in [5, 5.41) is 21.0. The first-order valence-electron chi connectivity index (χ1n) is 8.75. The second-order valence-corrected chi connectivity index (χ2v) is 6.28. The van der Waals surface area contributed by atoms with Crippen LogP contribution in [0.2, 0.25) is 0 Å². The topological polar surface area (TPSA) is 119 Å². The molecule has 29 heavy (non-hydrogen) atoms. The maximum atomic E-state index is 12.5. The molecule has 0 unspecified atom stereocenters. The average molecular weight is 388 g/mol. The minimum Gasteiger partial charge on any atom is -0.348 e. The van der Waals surface area contributed by atoms with E-state index in [1.807, 2.05) is 30.3 Å². The number of imidazole rings is 1. The highest BCUT2D eigenvalue weighted by Crippen LogP contribution is 2.24. The number of hydrogen-bond donors (Lipinski definition) is 2. The summed E-state index contributed by atoms with van der Waals surface area (Å²) in [5.74, 6) is -0.386. The molecule has 9 nitrogen and oxygen atoms in total. The Morgan fingerprint density at radius 3 is 2.62 bits per heavy atom. The smallest absolute Gasteiger partial charge is 0.294 e. The number of H-pyrrole nitrogens is 1. The Morgan fingerprint density at radius 1 is 1.14 bits per heavy atom. The number of carbonyl (C=O) groups is 1. The molecule has 0 bridgehead atoms. The SMILES string of the molecule is O=C(NCc1ccc(-c2ccn[nH]2)cc1)c1ccc(-n2ccnc2)c([N+](=O)[O-])c1. The zero-order valence-corrected chi connectivity index (χ0v) is 15.1. The zero-order valence-electron chi connectivity index (χ0n) is 15.1. The standard InChI is InChI=1S/C20H16N6O3/c27-20(22-12-14-1-3-15(4-2-14)17-7-8-23-24-17)16-5-6-18(19(11-16)26(28)29)25-10-9-21-13-25/h1-11,13H,12H2,(H,22,27)(H,23,24). The van der Waals surface area contributed by atoms with Crippen molar-refractivity contribution in [3.05, 3.63) is 94.7 Å². The van der Waals surface area contributed by atoms with Gasteiger partial charge in [0.25, 0.3) is 11.6 Å². The van der Waals surface area contributed by atoms with E-state index < -0.39 is 4.92 Å². The van der Waals surface area contributed by atoms with Gasteiger partial charge in [-0.2, -0.15) is 5.10 Å². The maximum Gasteiger partial charge on any atom is 0.294 e. The lowest BCUT2D eigenvalue weighted by atomic mass is 10.1. The maximum absolute atomic E-state index is 12.5. The fourth-order valence-electron chi connectivity index (χ4n) is 2.93. The summed E-state index contributed by atoms with van der Waals surface area (Å²) in [4.78, 5) is 27.3. The van der Waals surface area contributed by atoms with Crippen molar-refractivity contribution >= 4 is 11.6 Å². The number of aromatic amines is 1. The third-order valence-corrected chi connectivity index (χ3v) is 4.44. The fourth-order valence-corrected chi connectivity index (χ4v) is 2.93. The molecule has 0 radical (unpaired) electrons. The first-order valence-corrected chi connectivity index (χ1v) is 8.75. The number of nitro benzene ring substituents is 1. The number of benzene rings is 2. The molecule has 2 N–H and O–H groups in total. The van der Waals surface area contributed by atoms with Gasteiger partial charge >= 0.3 is 0 Å². The minimum absolute atomic E-state index is 0.167. The third kappa shape index (κ3) is 3.88. The highest BCUT2D eigenvalue weighted by atomic mass is 16.6. The van der Waals surface area contributed by atoms with E-state index in [2.05, 4.69) is 20.5 Å². The summed E-state index contributed by atoms with van der Waals surface area (Å²) in [6, 6.07) is 13.9. The minimum atomic E-state index is -0.514. The molecule has 0 aliphatic heterocycles. The van der Waals surface area contributed by atoms with Gasteiger partial charge in [-0.05, 0) is 29.3 Å². The number of nitrogens with zero attached hydrogens (tertiary/aromatic N) is 4. The Hall–Kier alpha value is -4.27. The van der Waals surface area contributed by atoms with Crippen LogP contribution in [0.1, 0.15) is 15.9 Å². The monoisotopic (exact) mass is 388 g/mol. The van der Waals surface area contributed by atoms with Crippen molar-refractivity contribution in [3.8, 4) is 16.9 Å². The summed E-state index contributed by atoms with van der Waals surface area (Å²) in [6.45, 7) is 0.305. The molecular weight excluding hydrogens is 372 g/mol. The van der Waals surface area contributed by atoms with E-state index in [9.17, 15) is 14.9 Å². The van der Waals surface area contributed by atoms with Crippen LogP contribution in [0.4, 0.5) is 5.69 Å². The molecule has 0 spiro atoms. The van der Waals surface area contributed by atoms with E-state index in [1.165, 1.54) is 29.2 Å². The van der Waals surface area contributed by atoms with Crippen molar-refractivity contribution in [2.75, 3.05) is 0 Å². The normalized spacial score (nSPS) is 10.6. The Bertz CT molecular complexity index is 1140. The Labute approximate surface area is 165 Å². The highest BCUT2D eigenvalue weighted by molar-refractivity contribution is 5.95. The molecule has 0 atom stereocenters. The average Bonchev–Trinajstić information content (AvgIpc) is 3.46. The van der Waals surface area contributed by atoms with Crippen molar-refractivity contribution in [1.29, 1.82) is 0 Å². The molecule has 0 aliphatic rings. The van der Waals surface area contributed by atoms with E-state index in [0.717, 1.165) is 16.8 Å². The molecule has 0 fully saturated rings. The molecular formula is C20H16N6O3. The van der Waals surface area contributed by atoms with Crippen LogP contribution in [0, 0.1) is 10.1 Å². The van der Waals surface area contributed by atoms with E-state index in [-0.39, 0.29) is 17.2 Å². The van der Waals surface area contributed by atoms with E-state index >= 15 is 0 Å². The predicted molar refractivity (Wildman–Crippen MR) is 105 cm³/mol. The summed E-state index contributed by atoms with van der Waals surface area (Å²) in [6.07, 6.45) is 6.28. The van der Waals surface area contributed by atoms with Gasteiger partial charge in [-0.15, -0.1) is 0 Å². The number of nitrogens with one attached hydrogen (secondary N) is 2. The fraction of sp³-hybridized carbons (Fsp3) is 0.0500. The van der Waals surface area contributed by atoms with Crippen LogP contribution in [0.15, 0.2) is 73.4 Å². The van der Waals surface area contributed by atoms with Gasteiger partial charge in [0.05, 0.1) is 16.9 Å². The molecule has 2 aromatic heterocycles. The number of amides is 1. The predicted octanol–water partition coefficient (Wildman–Crippen LogP) is 3.10. The van der Waals surface area contributed by atoms with Gasteiger partial charge < -0.3 is 9.88 Å². The lowest BCUT2D eigenvalue weighted by molar-refractivity contribution is -0.384. The second-order valence-electron chi connectivity index (χ2n) is 6.28. The van der Waals surface area contributed by atoms with Gasteiger partial charge in [0, 0.05) is 36.8 Å². The molecule has 0 aliphatic carbocycles. The number of hydrogen-bond acceptors (Lipinski definition) is 5. The van der Waals surface area contributed by atoms with Gasteiger partial charge in [-0.1, -0.05) is 24.3 Å². The molecule has 144 valence electrons. The molecule has 1 amide bonds. The van der Waals surface area contributed by atoms with Gasteiger partial charge in [0.1, 0.15) is 5.69 Å². The zero-order chi connectivity index (χ0) is 20.2. The molecule has 4 rings (SSSR count). The van der Waals surface area contributed by atoms with E-state index in [4.69, 9.17) is 0 Å². The molecule has 4 aromatic rings. The molecule has 2 aromatic carbocycles. The van der Waals surface area contributed by atoms with Crippen LogP contribution < -0.4 is 5.32 Å². The van der Waals surface area contributed by atoms with Crippen LogP contribution in [-0.4, -0.2) is 30.6 Å². The quantitative estimate of drug-likeness (QED) is 0.389. The van der Waals surface area contributed by atoms with Crippen LogP contribution >= 0.6 is 0 Å². The summed E-state index contributed by atoms with van der Waals surface area (Å²) in [5.41, 5.74) is 3.20. The second kappa shape index (κ2) is 7.77. The summed E-state index contributed by atoms with van der Waals surface area (Å²) < 4.78 is 1.53. The summed E-state index contributed by atoms with van der Waals surface area (Å²) >= 11 is 0. The van der Waals surface area contributed by atoms with Gasteiger partial charge in [0.15, 0.2) is 0 Å². The molecule has 9 heteroatoms. The molecule has 0 saturated heterocycles. The van der Waals surface area contributed by atoms with E-state index in [0.29, 0.717) is 12.2 Å². The lowest BCUT2D eigenvalue weighted by Crippen LogP contribution is -2.23. The van der Waals surface area contributed by atoms with Crippen LogP contribution in [0.25, 0.3) is 16.9 Å². The van der Waals surface area contributed by atoms with Crippen LogP contribution in [0.3, 0.4) is 0 Å². The van der Waals surface area contributed by atoms with Crippen molar-refractivity contribution in [2.45, 2.75) is 6.54 Å². The number of nitro groups is 1. The Morgan fingerprint density at radius 2 is 1.97 bits per heavy atom. The van der Waals surface area contributed by atoms with Crippen molar-refractivity contribution in [2.24, 2.45) is 0 Å². The van der Waals surface area contributed by atoms with Gasteiger partial charge in [-0.25, -0.2) is 4.98 Å². The first kappa shape index (κ1) is 18.1. The highest BCUT2D eigenvalue weighted by Gasteiger charge is 2.18. The van der Waals surface area contributed by atoms with Gasteiger partial charge in [-0.3, -0.25) is 20.0 Å². The molecule has 0 saturated carbocycles. The van der Waals surface area contributed by atoms with Crippen molar-refractivity contribution in [3.63, 3.8) is 0 Å². The summed E-state index contributed by atoms with van der Waals surface area (Å²) in [7, 11) is 0. The number of carbonyl (C=O) groups excluding carboxylic acids is 1. The number of aromatic nitrogens is 4. The van der Waals surface area contributed by atoms with Crippen LogP contribution in [-0.2, 0) is 6.54 Å². The number of rotatable bonds is 6. The van der Waals surface area contributed by atoms with Crippen LogP contribution in [0.5, 0.6) is 0 Å².